The second kappa shape index (κ2) is 7.51. The highest BCUT2D eigenvalue weighted by molar-refractivity contribution is 6.34. The predicted octanol–water partition coefficient (Wildman–Crippen LogP) is 4.65. The summed E-state index contributed by atoms with van der Waals surface area (Å²) in [4.78, 5) is 22.4. The minimum absolute atomic E-state index is 0.100. The Balaban J connectivity index is 2.06. The van der Waals surface area contributed by atoms with Gasteiger partial charge in [0.2, 0.25) is 5.91 Å². The summed E-state index contributed by atoms with van der Waals surface area (Å²) in [6.45, 7) is 3.57. The summed E-state index contributed by atoms with van der Waals surface area (Å²) in [5, 5.41) is 17.1. The summed E-state index contributed by atoms with van der Waals surface area (Å²) >= 11 is 12.0. The van der Waals surface area contributed by atoms with E-state index in [-0.39, 0.29) is 16.6 Å². The van der Waals surface area contributed by atoms with Gasteiger partial charge in [-0.3, -0.25) is 14.9 Å². The minimum atomic E-state index is -0.560. The van der Waals surface area contributed by atoms with Crippen LogP contribution < -0.4 is 10.6 Å². The van der Waals surface area contributed by atoms with Gasteiger partial charge in [-0.15, -0.1) is 0 Å². The zero-order chi connectivity index (χ0) is 17.9. The quantitative estimate of drug-likeness (QED) is 0.594. The monoisotopic (exact) mass is 367 g/mol. The molecule has 0 radical (unpaired) electrons. The van der Waals surface area contributed by atoms with Crippen molar-refractivity contribution in [3.05, 3.63) is 62.1 Å². The molecule has 1 atom stereocenters. The molecule has 0 aliphatic carbocycles. The van der Waals surface area contributed by atoms with Crippen molar-refractivity contribution >= 4 is 46.2 Å². The number of amides is 1. The lowest BCUT2D eigenvalue weighted by Gasteiger charge is -2.16. The number of nitro benzene ring substituents is 1. The van der Waals surface area contributed by atoms with Crippen LogP contribution in [-0.2, 0) is 4.79 Å². The average molecular weight is 368 g/mol. The Labute approximate surface area is 148 Å². The normalized spacial score (nSPS) is 11.7. The van der Waals surface area contributed by atoms with Crippen LogP contribution in [-0.4, -0.2) is 16.9 Å². The zero-order valence-electron chi connectivity index (χ0n) is 13.0. The van der Waals surface area contributed by atoms with Crippen molar-refractivity contribution in [3.8, 4) is 0 Å². The summed E-state index contributed by atoms with van der Waals surface area (Å²) in [6, 6.07) is 8.71. The highest BCUT2D eigenvalue weighted by atomic mass is 35.5. The van der Waals surface area contributed by atoms with Crippen molar-refractivity contribution in [1.29, 1.82) is 0 Å². The maximum Gasteiger partial charge on any atom is 0.271 e. The maximum atomic E-state index is 12.2. The molecule has 0 fully saturated rings. The van der Waals surface area contributed by atoms with Crippen LogP contribution >= 0.6 is 23.2 Å². The molecule has 1 amide bonds. The van der Waals surface area contributed by atoms with Gasteiger partial charge >= 0.3 is 0 Å². The summed E-state index contributed by atoms with van der Waals surface area (Å²) < 4.78 is 0. The lowest BCUT2D eigenvalue weighted by molar-refractivity contribution is -0.384. The Hall–Kier alpha value is -2.31. The summed E-state index contributed by atoms with van der Waals surface area (Å²) in [5.41, 5.74) is 1.82. The fourth-order valence-corrected chi connectivity index (χ4v) is 2.36. The van der Waals surface area contributed by atoms with Gasteiger partial charge in [-0.2, -0.15) is 0 Å². The van der Waals surface area contributed by atoms with Gasteiger partial charge in [0.1, 0.15) is 6.04 Å². The lowest BCUT2D eigenvalue weighted by atomic mass is 10.2. The number of carbonyl (C=O) groups excluding carboxylic acids is 1. The highest BCUT2D eigenvalue weighted by Gasteiger charge is 2.16. The van der Waals surface area contributed by atoms with Gasteiger partial charge in [-0.25, -0.2) is 0 Å². The average Bonchev–Trinajstić information content (AvgIpc) is 2.52. The molecular weight excluding hydrogens is 353 g/mol. The molecule has 2 aromatic carbocycles. The van der Waals surface area contributed by atoms with E-state index in [1.54, 1.807) is 13.0 Å². The Bertz CT molecular complexity index is 796. The number of halogens is 2. The smallest absolute Gasteiger partial charge is 0.271 e. The number of nitro groups is 1. The molecule has 0 aliphatic heterocycles. The Morgan fingerprint density at radius 1 is 1.17 bits per heavy atom. The Kier molecular flexibility index (Phi) is 5.64. The van der Waals surface area contributed by atoms with Crippen LogP contribution in [0.15, 0.2) is 36.4 Å². The molecule has 6 nitrogen and oxygen atoms in total. The standard InChI is InChI=1S/C16H15Cl2N3O3/c1-9-3-4-11(7-13(9)17)19-10(2)16(22)20-15-6-5-12(21(23)24)8-14(15)18/h3-8,10,19H,1-2H3,(H,20,22). The number of carbonyl (C=O) groups is 1. The van der Waals surface area contributed by atoms with Crippen LogP contribution in [0.5, 0.6) is 0 Å². The van der Waals surface area contributed by atoms with Crippen LogP contribution in [0.25, 0.3) is 0 Å². The number of rotatable bonds is 5. The summed E-state index contributed by atoms with van der Waals surface area (Å²) in [7, 11) is 0. The van der Waals surface area contributed by atoms with Gasteiger partial charge in [0.15, 0.2) is 0 Å². The van der Waals surface area contributed by atoms with Crippen molar-refractivity contribution in [1.82, 2.24) is 0 Å². The minimum Gasteiger partial charge on any atom is -0.374 e. The highest BCUT2D eigenvalue weighted by Crippen LogP contribution is 2.27. The van der Waals surface area contributed by atoms with E-state index in [9.17, 15) is 14.9 Å². The van der Waals surface area contributed by atoms with Crippen molar-refractivity contribution in [2.45, 2.75) is 19.9 Å². The molecule has 0 aromatic heterocycles. The first-order valence-corrected chi connectivity index (χ1v) is 7.81. The van der Waals surface area contributed by atoms with Crippen molar-refractivity contribution < 1.29 is 9.72 Å². The van der Waals surface area contributed by atoms with Crippen LogP contribution in [0, 0.1) is 17.0 Å². The van der Waals surface area contributed by atoms with E-state index in [0.29, 0.717) is 16.4 Å². The Morgan fingerprint density at radius 3 is 2.46 bits per heavy atom. The molecule has 0 aliphatic rings. The first-order valence-electron chi connectivity index (χ1n) is 7.05. The molecular formula is C16H15Cl2N3O3. The second-order valence-electron chi connectivity index (χ2n) is 5.24. The van der Waals surface area contributed by atoms with Gasteiger partial charge < -0.3 is 10.6 Å². The Morgan fingerprint density at radius 2 is 1.88 bits per heavy atom. The molecule has 0 heterocycles. The number of aryl methyl sites for hydroxylation is 1. The molecule has 0 spiro atoms. The van der Waals surface area contributed by atoms with Crippen molar-refractivity contribution in [2.75, 3.05) is 10.6 Å². The SMILES string of the molecule is Cc1ccc(NC(C)C(=O)Nc2ccc([N+](=O)[O-])cc2Cl)cc1Cl. The van der Waals surface area contributed by atoms with E-state index in [1.165, 1.54) is 18.2 Å². The van der Waals surface area contributed by atoms with Gasteiger partial charge in [0.25, 0.3) is 5.69 Å². The molecule has 126 valence electrons. The van der Waals surface area contributed by atoms with E-state index in [0.717, 1.165) is 5.56 Å². The number of non-ortho nitro benzene ring substituents is 1. The van der Waals surface area contributed by atoms with Crippen LogP contribution in [0.2, 0.25) is 10.0 Å². The number of hydrogen-bond acceptors (Lipinski definition) is 4. The van der Waals surface area contributed by atoms with Gasteiger partial charge in [0, 0.05) is 22.8 Å². The van der Waals surface area contributed by atoms with Crippen molar-refractivity contribution in [3.63, 3.8) is 0 Å². The fourth-order valence-electron chi connectivity index (χ4n) is 1.96. The number of anilines is 2. The van der Waals surface area contributed by atoms with Crippen molar-refractivity contribution in [2.24, 2.45) is 0 Å². The first kappa shape index (κ1) is 18.0. The first-order chi connectivity index (χ1) is 11.3. The van der Waals surface area contributed by atoms with E-state index < -0.39 is 11.0 Å². The molecule has 2 rings (SSSR count). The number of nitrogens with one attached hydrogen (secondary N) is 2. The molecule has 24 heavy (non-hydrogen) atoms. The second-order valence-corrected chi connectivity index (χ2v) is 6.05. The van der Waals surface area contributed by atoms with Gasteiger partial charge in [-0.05, 0) is 37.6 Å². The maximum absolute atomic E-state index is 12.2. The van der Waals surface area contributed by atoms with Gasteiger partial charge in [-0.1, -0.05) is 29.3 Å². The lowest BCUT2D eigenvalue weighted by Crippen LogP contribution is -2.31. The summed E-state index contributed by atoms with van der Waals surface area (Å²) in [6.07, 6.45) is 0. The van der Waals surface area contributed by atoms with E-state index in [2.05, 4.69) is 10.6 Å². The topological polar surface area (TPSA) is 84.3 Å². The van der Waals surface area contributed by atoms with Crippen LogP contribution in [0.1, 0.15) is 12.5 Å². The summed E-state index contributed by atoms with van der Waals surface area (Å²) in [5.74, 6) is -0.331. The zero-order valence-corrected chi connectivity index (χ0v) is 14.5. The number of benzene rings is 2. The van der Waals surface area contributed by atoms with Crippen LogP contribution in [0.3, 0.4) is 0 Å². The van der Waals surface area contributed by atoms with E-state index in [4.69, 9.17) is 23.2 Å². The third-order valence-electron chi connectivity index (χ3n) is 3.37. The molecule has 8 heteroatoms. The largest absolute Gasteiger partial charge is 0.374 e. The van der Waals surface area contributed by atoms with Crippen LogP contribution in [0.4, 0.5) is 17.1 Å². The molecule has 2 N–H and O–H groups in total. The number of hydrogen-bond donors (Lipinski definition) is 2. The van der Waals surface area contributed by atoms with E-state index in [1.807, 2.05) is 19.1 Å². The molecule has 0 bridgehead atoms. The molecule has 0 saturated heterocycles. The molecule has 1 unspecified atom stereocenters. The molecule has 2 aromatic rings. The molecule has 0 saturated carbocycles. The third-order valence-corrected chi connectivity index (χ3v) is 4.09. The third kappa shape index (κ3) is 4.37. The van der Waals surface area contributed by atoms with E-state index >= 15 is 0 Å². The van der Waals surface area contributed by atoms with Gasteiger partial charge in [0.05, 0.1) is 15.6 Å². The fraction of sp³-hybridized carbons (Fsp3) is 0.188. The predicted molar refractivity (Wildman–Crippen MR) is 96.0 cm³/mol. The number of nitrogens with zero attached hydrogens (tertiary/aromatic N) is 1.